The molecule has 0 aliphatic rings. The number of likely N-dealkylation sites (N-methyl/N-ethyl adjacent to an activating group) is 1. The summed E-state index contributed by atoms with van der Waals surface area (Å²) in [6, 6.07) is 0. The molecule has 0 fully saturated rings. The number of nitrogens with one attached hydrogen (secondary N) is 1. The second-order valence-electron chi connectivity index (χ2n) is 6.05. The predicted molar refractivity (Wildman–Crippen MR) is 99.0 cm³/mol. The van der Waals surface area contributed by atoms with Gasteiger partial charge in [0.15, 0.2) is 0 Å². The molecule has 0 bridgehead atoms. The summed E-state index contributed by atoms with van der Waals surface area (Å²) >= 11 is 0. The van der Waals surface area contributed by atoms with Crippen LogP contribution in [0.4, 0.5) is 0 Å². The number of esters is 1. The van der Waals surface area contributed by atoms with E-state index in [2.05, 4.69) is 16.6 Å². The van der Waals surface area contributed by atoms with Gasteiger partial charge >= 0.3 is 5.97 Å². The molecule has 0 aliphatic carbocycles. The Morgan fingerprint density at radius 2 is 1.56 bits per heavy atom. The van der Waals surface area contributed by atoms with E-state index in [-0.39, 0.29) is 18.4 Å². The highest BCUT2D eigenvalue weighted by atomic mass is 16.5. The fourth-order valence-electron chi connectivity index (χ4n) is 2.53. The lowest BCUT2D eigenvalue weighted by molar-refractivity contribution is -0.141. The molecule has 0 spiro atoms. The van der Waals surface area contributed by atoms with Crippen LogP contribution in [0.2, 0.25) is 0 Å². The Kier molecular flexibility index (Phi) is 14.5. The second-order valence-corrected chi connectivity index (χ2v) is 6.05. The Hall–Kier alpha value is -1.85. The summed E-state index contributed by atoms with van der Waals surface area (Å²) in [5, 5.41) is 2.54. The van der Waals surface area contributed by atoms with Crippen LogP contribution in [0.3, 0.4) is 0 Å². The van der Waals surface area contributed by atoms with Crippen molar-refractivity contribution in [2.75, 3.05) is 26.7 Å². The van der Waals surface area contributed by atoms with Crippen molar-refractivity contribution in [1.82, 2.24) is 10.2 Å². The van der Waals surface area contributed by atoms with Crippen molar-refractivity contribution in [3.63, 3.8) is 0 Å². The third-order valence-corrected chi connectivity index (χ3v) is 4.11. The Morgan fingerprint density at radius 1 is 1.00 bits per heavy atom. The molecule has 2 amide bonds. The molecule has 0 saturated carbocycles. The van der Waals surface area contributed by atoms with Crippen molar-refractivity contribution in [2.24, 2.45) is 0 Å². The van der Waals surface area contributed by atoms with Gasteiger partial charge in [0.1, 0.15) is 6.54 Å². The number of carbonyl (C=O) groups is 3. The van der Waals surface area contributed by atoms with Gasteiger partial charge in [0.05, 0.1) is 7.11 Å². The van der Waals surface area contributed by atoms with Crippen LogP contribution in [0.15, 0.2) is 12.7 Å². The van der Waals surface area contributed by atoms with Crippen molar-refractivity contribution < 1.29 is 19.1 Å². The fraction of sp³-hybridized carbons (Fsp3) is 0.737. The van der Waals surface area contributed by atoms with E-state index in [1.165, 1.54) is 32.4 Å². The van der Waals surface area contributed by atoms with Crippen LogP contribution in [-0.2, 0) is 19.1 Å². The number of rotatable bonds is 15. The molecule has 6 nitrogen and oxygen atoms in total. The molecule has 0 rings (SSSR count). The highest BCUT2D eigenvalue weighted by molar-refractivity contribution is 5.86. The smallest absolute Gasteiger partial charge is 0.325 e. The molecule has 0 aromatic carbocycles. The van der Waals surface area contributed by atoms with E-state index < -0.39 is 5.97 Å². The number of amides is 2. The lowest BCUT2D eigenvalue weighted by Crippen LogP contribution is -2.29. The average Bonchev–Trinajstić information content (AvgIpc) is 2.63. The van der Waals surface area contributed by atoms with Crippen LogP contribution in [0.5, 0.6) is 0 Å². The van der Waals surface area contributed by atoms with Crippen LogP contribution in [0.25, 0.3) is 0 Å². The van der Waals surface area contributed by atoms with Gasteiger partial charge in [0.25, 0.3) is 0 Å². The van der Waals surface area contributed by atoms with Gasteiger partial charge < -0.3 is 15.0 Å². The van der Waals surface area contributed by atoms with Crippen molar-refractivity contribution in [1.29, 1.82) is 0 Å². The fourth-order valence-corrected chi connectivity index (χ4v) is 2.53. The summed E-state index contributed by atoms with van der Waals surface area (Å²) in [5.74, 6) is -0.512. The van der Waals surface area contributed by atoms with Gasteiger partial charge in [-0.3, -0.25) is 14.4 Å². The van der Waals surface area contributed by atoms with E-state index in [0.717, 1.165) is 45.2 Å². The Morgan fingerprint density at radius 3 is 2.08 bits per heavy atom. The van der Waals surface area contributed by atoms with Crippen molar-refractivity contribution in [3.8, 4) is 0 Å². The lowest BCUT2D eigenvalue weighted by atomic mass is 10.1. The van der Waals surface area contributed by atoms with E-state index in [1.54, 1.807) is 0 Å². The SMILES string of the molecule is C=CC(=O)N(CC)CCCCCCCCCCC(=O)NCC(=O)OC. The molecule has 25 heavy (non-hydrogen) atoms. The third-order valence-electron chi connectivity index (χ3n) is 4.11. The van der Waals surface area contributed by atoms with Crippen LogP contribution in [-0.4, -0.2) is 49.4 Å². The normalized spacial score (nSPS) is 10.2. The number of unbranched alkanes of at least 4 members (excludes halogenated alkanes) is 7. The molecule has 0 heterocycles. The second kappa shape index (κ2) is 15.7. The minimum absolute atomic E-state index is 0.0122. The van der Waals surface area contributed by atoms with E-state index in [9.17, 15) is 14.4 Å². The van der Waals surface area contributed by atoms with E-state index >= 15 is 0 Å². The van der Waals surface area contributed by atoms with Crippen molar-refractivity contribution in [2.45, 2.75) is 64.7 Å². The van der Waals surface area contributed by atoms with Gasteiger partial charge in [-0.05, 0) is 25.8 Å². The quantitative estimate of drug-likeness (QED) is 0.279. The molecule has 0 unspecified atom stereocenters. The van der Waals surface area contributed by atoms with Crippen LogP contribution in [0, 0.1) is 0 Å². The highest BCUT2D eigenvalue weighted by Gasteiger charge is 2.06. The summed E-state index contributed by atoms with van der Waals surface area (Å²) in [7, 11) is 1.30. The van der Waals surface area contributed by atoms with E-state index in [1.807, 2.05) is 11.8 Å². The molecular formula is C19H34N2O4. The first kappa shape index (κ1) is 23.1. The third kappa shape index (κ3) is 13.2. The standard InChI is InChI=1S/C19H34N2O4/c1-4-18(23)21(5-2)15-13-11-9-7-6-8-10-12-14-17(22)20-16-19(24)25-3/h4H,1,5-16H2,2-3H3,(H,20,22). The molecule has 0 aliphatic heterocycles. The van der Waals surface area contributed by atoms with Crippen LogP contribution in [0.1, 0.15) is 64.7 Å². The number of ether oxygens (including phenoxy) is 1. The number of carbonyl (C=O) groups excluding carboxylic acids is 3. The first-order chi connectivity index (χ1) is 12.0. The first-order valence-corrected chi connectivity index (χ1v) is 9.30. The monoisotopic (exact) mass is 354 g/mol. The molecule has 0 radical (unpaired) electrons. The topological polar surface area (TPSA) is 75.7 Å². The molecule has 6 heteroatoms. The summed E-state index contributed by atoms with van der Waals surface area (Å²) < 4.78 is 4.46. The summed E-state index contributed by atoms with van der Waals surface area (Å²) in [5.41, 5.74) is 0. The Labute approximate surface area is 152 Å². The molecule has 0 aromatic rings. The molecule has 0 saturated heterocycles. The van der Waals surface area contributed by atoms with E-state index in [4.69, 9.17) is 0 Å². The largest absolute Gasteiger partial charge is 0.468 e. The van der Waals surface area contributed by atoms with Crippen LogP contribution < -0.4 is 5.32 Å². The maximum atomic E-state index is 11.5. The maximum Gasteiger partial charge on any atom is 0.325 e. The number of nitrogens with zero attached hydrogens (tertiary/aromatic N) is 1. The predicted octanol–water partition coefficient (Wildman–Crippen LogP) is 2.82. The molecule has 0 atom stereocenters. The van der Waals surface area contributed by atoms with Gasteiger partial charge in [-0.1, -0.05) is 45.1 Å². The minimum atomic E-state index is -0.427. The zero-order valence-corrected chi connectivity index (χ0v) is 15.8. The zero-order valence-electron chi connectivity index (χ0n) is 15.8. The van der Waals surface area contributed by atoms with Gasteiger partial charge in [-0.15, -0.1) is 0 Å². The van der Waals surface area contributed by atoms with Crippen molar-refractivity contribution >= 4 is 17.8 Å². The summed E-state index contributed by atoms with van der Waals surface area (Å²) in [6.45, 7) is 6.99. The molecular weight excluding hydrogens is 320 g/mol. The highest BCUT2D eigenvalue weighted by Crippen LogP contribution is 2.10. The van der Waals surface area contributed by atoms with E-state index in [0.29, 0.717) is 6.42 Å². The first-order valence-electron chi connectivity index (χ1n) is 9.30. The van der Waals surface area contributed by atoms with Gasteiger partial charge in [0, 0.05) is 19.5 Å². The maximum absolute atomic E-state index is 11.5. The average molecular weight is 354 g/mol. The Bertz CT molecular complexity index is 410. The van der Waals surface area contributed by atoms with Crippen molar-refractivity contribution in [3.05, 3.63) is 12.7 Å². The summed E-state index contributed by atoms with van der Waals surface area (Å²) in [4.78, 5) is 35.7. The van der Waals surface area contributed by atoms with Crippen LogP contribution >= 0.6 is 0 Å². The number of hydrogen-bond donors (Lipinski definition) is 1. The van der Waals surface area contributed by atoms with Gasteiger partial charge in [0.2, 0.25) is 11.8 Å². The summed E-state index contributed by atoms with van der Waals surface area (Å²) in [6.07, 6.45) is 10.6. The number of hydrogen-bond acceptors (Lipinski definition) is 4. The zero-order chi connectivity index (χ0) is 18.9. The molecule has 144 valence electrons. The lowest BCUT2D eigenvalue weighted by Gasteiger charge is -2.18. The van der Waals surface area contributed by atoms with Gasteiger partial charge in [-0.25, -0.2) is 0 Å². The molecule has 0 aromatic heterocycles. The molecule has 1 N–H and O–H groups in total. The minimum Gasteiger partial charge on any atom is -0.468 e. The number of methoxy groups -OCH3 is 1. The van der Waals surface area contributed by atoms with Gasteiger partial charge in [-0.2, -0.15) is 0 Å². The Balaban J connectivity index is 3.41.